The molecule has 0 aliphatic carbocycles. The lowest BCUT2D eigenvalue weighted by Gasteiger charge is -2.12. The number of aromatic hydroxyl groups is 1. The Balaban J connectivity index is 2.75. The van der Waals surface area contributed by atoms with E-state index in [4.69, 9.17) is 0 Å². The maximum absolute atomic E-state index is 11.8. The number of nitrogens with zero attached hydrogens (tertiary/aromatic N) is 1. The van der Waals surface area contributed by atoms with Gasteiger partial charge in [-0.3, -0.25) is 9.36 Å². The highest BCUT2D eigenvalue weighted by Gasteiger charge is 2.06. The first-order valence-corrected chi connectivity index (χ1v) is 5.08. The van der Waals surface area contributed by atoms with Gasteiger partial charge in [0.25, 0.3) is 5.56 Å². The number of hydrogen-bond donors (Lipinski definition) is 1. The second kappa shape index (κ2) is 3.85. The second-order valence-electron chi connectivity index (χ2n) is 3.82. The molecular formula is C13H13NO2. The van der Waals surface area contributed by atoms with Crippen LogP contribution in [-0.4, -0.2) is 9.67 Å². The minimum Gasteiger partial charge on any atom is -0.508 e. The van der Waals surface area contributed by atoms with Crippen LogP contribution in [0.2, 0.25) is 0 Å². The largest absolute Gasteiger partial charge is 0.508 e. The highest BCUT2D eigenvalue weighted by atomic mass is 16.3. The maximum atomic E-state index is 11.8. The topological polar surface area (TPSA) is 42.2 Å². The molecule has 1 aromatic heterocycles. The van der Waals surface area contributed by atoms with E-state index in [1.54, 1.807) is 17.6 Å². The van der Waals surface area contributed by atoms with Crippen LogP contribution in [0.4, 0.5) is 0 Å². The van der Waals surface area contributed by atoms with Gasteiger partial charge in [0.1, 0.15) is 5.75 Å². The third-order valence-corrected chi connectivity index (χ3v) is 2.56. The molecule has 16 heavy (non-hydrogen) atoms. The van der Waals surface area contributed by atoms with E-state index in [-0.39, 0.29) is 11.3 Å². The Hall–Kier alpha value is -2.03. The lowest BCUT2D eigenvalue weighted by molar-refractivity contribution is 0.472. The summed E-state index contributed by atoms with van der Waals surface area (Å²) in [6, 6.07) is 10.5. The Morgan fingerprint density at radius 2 is 1.81 bits per heavy atom. The van der Waals surface area contributed by atoms with Gasteiger partial charge in [0.05, 0.1) is 5.69 Å². The van der Waals surface area contributed by atoms with Crippen LogP contribution in [0.15, 0.2) is 41.2 Å². The van der Waals surface area contributed by atoms with Crippen LogP contribution < -0.4 is 5.56 Å². The first-order valence-electron chi connectivity index (χ1n) is 5.08. The number of rotatable bonds is 1. The Kier molecular flexibility index (Phi) is 2.52. The summed E-state index contributed by atoms with van der Waals surface area (Å²) in [5.41, 5.74) is 2.38. The average molecular weight is 215 g/mol. The summed E-state index contributed by atoms with van der Waals surface area (Å²) < 4.78 is 1.59. The van der Waals surface area contributed by atoms with Crippen molar-refractivity contribution in [3.8, 4) is 11.4 Å². The summed E-state index contributed by atoms with van der Waals surface area (Å²) in [6.45, 7) is 3.75. The molecule has 0 atom stereocenters. The molecule has 0 aliphatic rings. The van der Waals surface area contributed by atoms with Crippen molar-refractivity contribution in [1.29, 1.82) is 0 Å². The van der Waals surface area contributed by atoms with Crippen molar-refractivity contribution < 1.29 is 5.11 Å². The first kappa shape index (κ1) is 10.5. The highest BCUT2D eigenvalue weighted by Crippen LogP contribution is 2.15. The molecule has 0 radical (unpaired) electrons. The molecule has 1 aromatic carbocycles. The molecule has 0 amide bonds. The van der Waals surface area contributed by atoms with Crippen molar-refractivity contribution >= 4 is 0 Å². The number of aromatic nitrogens is 1. The van der Waals surface area contributed by atoms with Crippen molar-refractivity contribution in [1.82, 2.24) is 4.57 Å². The zero-order chi connectivity index (χ0) is 11.7. The SMILES string of the molecule is Cc1ccccc1-n1c(C)cc(O)cc1=O. The number of benzene rings is 1. The molecule has 0 unspecified atom stereocenters. The quantitative estimate of drug-likeness (QED) is 0.792. The van der Waals surface area contributed by atoms with Crippen LogP contribution >= 0.6 is 0 Å². The molecule has 0 spiro atoms. The summed E-state index contributed by atoms with van der Waals surface area (Å²) in [7, 11) is 0. The van der Waals surface area contributed by atoms with Crippen LogP contribution in [0, 0.1) is 13.8 Å². The number of aryl methyl sites for hydroxylation is 2. The predicted octanol–water partition coefficient (Wildman–Crippen LogP) is 2.16. The zero-order valence-corrected chi connectivity index (χ0v) is 9.27. The normalized spacial score (nSPS) is 10.4. The first-order chi connectivity index (χ1) is 7.59. The number of para-hydroxylation sites is 1. The smallest absolute Gasteiger partial charge is 0.258 e. The van der Waals surface area contributed by atoms with Gasteiger partial charge in [-0.25, -0.2) is 0 Å². The van der Waals surface area contributed by atoms with Crippen LogP contribution in [0.1, 0.15) is 11.3 Å². The molecule has 0 saturated carbocycles. The second-order valence-corrected chi connectivity index (χ2v) is 3.82. The maximum Gasteiger partial charge on any atom is 0.258 e. The Morgan fingerprint density at radius 3 is 2.44 bits per heavy atom. The third-order valence-electron chi connectivity index (χ3n) is 2.56. The molecule has 0 aliphatic heterocycles. The van der Waals surface area contributed by atoms with Gasteiger partial charge in [-0.2, -0.15) is 0 Å². The Bertz CT molecular complexity index is 585. The van der Waals surface area contributed by atoms with E-state index < -0.39 is 0 Å². The fourth-order valence-electron chi connectivity index (χ4n) is 1.81. The molecule has 1 heterocycles. The van der Waals surface area contributed by atoms with Crippen LogP contribution in [0.25, 0.3) is 5.69 Å². The number of hydrogen-bond acceptors (Lipinski definition) is 2. The van der Waals surface area contributed by atoms with Gasteiger partial charge in [0.2, 0.25) is 0 Å². The molecule has 0 fully saturated rings. The highest BCUT2D eigenvalue weighted by molar-refractivity contribution is 5.42. The molecule has 1 N–H and O–H groups in total. The molecular weight excluding hydrogens is 202 g/mol. The van der Waals surface area contributed by atoms with E-state index in [0.717, 1.165) is 16.9 Å². The van der Waals surface area contributed by atoms with Crippen molar-refractivity contribution in [3.63, 3.8) is 0 Å². The van der Waals surface area contributed by atoms with Gasteiger partial charge in [0.15, 0.2) is 0 Å². The summed E-state index contributed by atoms with van der Waals surface area (Å²) in [5.74, 6) is 0.00679. The molecule has 2 rings (SSSR count). The van der Waals surface area contributed by atoms with Crippen LogP contribution in [0.3, 0.4) is 0 Å². The van der Waals surface area contributed by atoms with E-state index in [2.05, 4.69) is 0 Å². The standard InChI is InChI=1S/C13H13NO2/c1-9-5-3-4-6-12(9)14-10(2)7-11(15)8-13(14)16/h3-8,15H,1-2H3. The molecule has 3 heteroatoms. The zero-order valence-electron chi connectivity index (χ0n) is 9.27. The van der Waals surface area contributed by atoms with Crippen LogP contribution in [0.5, 0.6) is 5.75 Å². The van der Waals surface area contributed by atoms with Crippen molar-refractivity contribution in [3.05, 3.63) is 58.0 Å². The molecule has 2 aromatic rings. The summed E-state index contributed by atoms with van der Waals surface area (Å²) in [4.78, 5) is 11.8. The summed E-state index contributed by atoms with van der Waals surface area (Å²) in [6.07, 6.45) is 0. The van der Waals surface area contributed by atoms with Gasteiger partial charge >= 0.3 is 0 Å². The number of pyridine rings is 1. The average Bonchev–Trinajstić information content (AvgIpc) is 2.19. The van der Waals surface area contributed by atoms with E-state index in [0.29, 0.717) is 0 Å². The lowest BCUT2D eigenvalue weighted by atomic mass is 10.2. The molecule has 0 bridgehead atoms. The van der Waals surface area contributed by atoms with E-state index in [1.165, 1.54) is 6.07 Å². The summed E-state index contributed by atoms with van der Waals surface area (Å²) >= 11 is 0. The summed E-state index contributed by atoms with van der Waals surface area (Å²) in [5, 5.41) is 9.32. The van der Waals surface area contributed by atoms with Gasteiger partial charge in [0, 0.05) is 11.8 Å². The van der Waals surface area contributed by atoms with Crippen LogP contribution in [-0.2, 0) is 0 Å². The van der Waals surface area contributed by atoms with E-state index in [9.17, 15) is 9.90 Å². The fraction of sp³-hybridized carbons (Fsp3) is 0.154. The third kappa shape index (κ3) is 1.72. The molecule has 82 valence electrons. The van der Waals surface area contributed by atoms with E-state index >= 15 is 0 Å². The van der Waals surface area contributed by atoms with Crippen molar-refractivity contribution in [2.45, 2.75) is 13.8 Å². The fourth-order valence-corrected chi connectivity index (χ4v) is 1.81. The molecule has 3 nitrogen and oxygen atoms in total. The Labute approximate surface area is 93.6 Å². The Morgan fingerprint density at radius 1 is 1.12 bits per heavy atom. The van der Waals surface area contributed by atoms with Gasteiger partial charge in [-0.05, 0) is 31.5 Å². The van der Waals surface area contributed by atoms with E-state index in [1.807, 2.05) is 31.2 Å². The van der Waals surface area contributed by atoms with Gasteiger partial charge < -0.3 is 5.11 Å². The lowest BCUT2D eigenvalue weighted by Crippen LogP contribution is -2.19. The van der Waals surface area contributed by atoms with Gasteiger partial charge in [-0.15, -0.1) is 0 Å². The predicted molar refractivity (Wildman–Crippen MR) is 63.2 cm³/mol. The monoisotopic (exact) mass is 215 g/mol. The van der Waals surface area contributed by atoms with Crippen molar-refractivity contribution in [2.75, 3.05) is 0 Å². The minimum absolute atomic E-state index is 0.00679. The minimum atomic E-state index is -0.216. The van der Waals surface area contributed by atoms with Gasteiger partial charge in [-0.1, -0.05) is 18.2 Å². The molecule has 0 saturated heterocycles. The van der Waals surface area contributed by atoms with Crippen molar-refractivity contribution in [2.24, 2.45) is 0 Å².